The van der Waals surface area contributed by atoms with Gasteiger partial charge < -0.3 is 10.3 Å². The standard InChI is InChI=1S/C14H17N3O3S/c1-2-21(19,20)13-6-4-3-5-12(13)14(18)16-8-7-11-9-15-10-17-11/h3-6,9-10H,2,7-8H2,1H3,(H,15,17)(H,16,18). The highest BCUT2D eigenvalue weighted by Gasteiger charge is 2.20. The van der Waals surface area contributed by atoms with Gasteiger partial charge in [-0.15, -0.1) is 0 Å². The number of hydrogen-bond acceptors (Lipinski definition) is 4. The highest BCUT2D eigenvalue weighted by molar-refractivity contribution is 7.91. The van der Waals surface area contributed by atoms with E-state index in [9.17, 15) is 13.2 Å². The number of nitrogens with one attached hydrogen (secondary N) is 2. The lowest BCUT2D eigenvalue weighted by molar-refractivity contribution is 0.0951. The van der Waals surface area contributed by atoms with Gasteiger partial charge in [0.25, 0.3) is 5.91 Å². The van der Waals surface area contributed by atoms with Crippen LogP contribution >= 0.6 is 0 Å². The predicted molar refractivity (Wildman–Crippen MR) is 78.8 cm³/mol. The van der Waals surface area contributed by atoms with Gasteiger partial charge in [0.2, 0.25) is 0 Å². The second-order valence-corrected chi connectivity index (χ2v) is 6.73. The van der Waals surface area contributed by atoms with Gasteiger partial charge in [-0.2, -0.15) is 0 Å². The number of hydrogen-bond donors (Lipinski definition) is 2. The van der Waals surface area contributed by atoms with Crippen LogP contribution in [0, 0.1) is 0 Å². The molecule has 1 heterocycles. The van der Waals surface area contributed by atoms with Gasteiger partial charge in [-0.1, -0.05) is 19.1 Å². The number of imidazole rings is 1. The summed E-state index contributed by atoms with van der Waals surface area (Å²) in [4.78, 5) is 19.1. The van der Waals surface area contributed by atoms with E-state index >= 15 is 0 Å². The van der Waals surface area contributed by atoms with Gasteiger partial charge in [0, 0.05) is 24.9 Å². The maximum absolute atomic E-state index is 12.2. The Kier molecular flexibility index (Phi) is 4.74. The second kappa shape index (κ2) is 6.53. The van der Waals surface area contributed by atoms with Crippen molar-refractivity contribution in [2.24, 2.45) is 0 Å². The summed E-state index contributed by atoms with van der Waals surface area (Å²) in [5, 5.41) is 2.72. The number of aromatic amines is 1. The van der Waals surface area contributed by atoms with E-state index < -0.39 is 9.84 Å². The number of H-pyrrole nitrogens is 1. The fourth-order valence-electron chi connectivity index (χ4n) is 1.91. The molecule has 0 atom stereocenters. The fraction of sp³-hybridized carbons (Fsp3) is 0.286. The number of sulfone groups is 1. The van der Waals surface area contributed by atoms with Gasteiger partial charge in [-0.3, -0.25) is 4.79 Å². The Labute approximate surface area is 123 Å². The summed E-state index contributed by atoms with van der Waals surface area (Å²) in [6.45, 7) is 1.96. The van der Waals surface area contributed by atoms with Crippen molar-refractivity contribution >= 4 is 15.7 Å². The molecule has 1 aromatic heterocycles. The Morgan fingerprint density at radius 1 is 1.33 bits per heavy atom. The molecule has 7 heteroatoms. The van der Waals surface area contributed by atoms with Crippen LogP contribution in [0.4, 0.5) is 0 Å². The molecule has 2 N–H and O–H groups in total. The molecular formula is C14H17N3O3S. The van der Waals surface area contributed by atoms with Crippen molar-refractivity contribution in [3.05, 3.63) is 48.0 Å². The minimum atomic E-state index is -3.42. The molecule has 0 radical (unpaired) electrons. The fourth-order valence-corrected chi connectivity index (χ4v) is 3.00. The number of benzene rings is 1. The quantitative estimate of drug-likeness (QED) is 0.838. The zero-order chi connectivity index (χ0) is 15.3. The van der Waals surface area contributed by atoms with Crippen LogP contribution in [0.3, 0.4) is 0 Å². The molecule has 2 rings (SSSR count). The van der Waals surface area contributed by atoms with E-state index in [1.807, 2.05) is 0 Å². The Balaban J connectivity index is 2.09. The second-order valence-electron chi connectivity index (χ2n) is 4.48. The lowest BCUT2D eigenvalue weighted by atomic mass is 10.2. The zero-order valence-electron chi connectivity index (χ0n) is 11.7. The van der Waals surface area contributed by atoms with Crippen molar-refractivity contribution < 1.29 is 13.2 Å². The molecule has 0 bridgehead atoms. The summed E-state index contributed by atoms with van der Waals surface area (Å²) in [5.41, 5.74) is 1.09. The molecule has 0 saturated carbocycles. The SMILES string of the molecule is CCS(=O)(=O)c1ccccc1C(=O)NCCc1cnc[nH]1. The van der Waals surface area contributed by atoms with Crippen LogP contribution < -0.4 is 5.32 Å². The minimum absolute atomic E-state index is 0.0363. The molecule has 1 aromatic carbocycles. The van der Waals surface area contributed by atoms with Crippen LogP contribution in [-0.4, -0.2) is 36.6 Å². The third-order valence-corrected chi connectivity index (χ3v) is 4.87. The van der Waals surface area contributed by atoms with Crippen molar-refractivity contribution in [1.29, 1.82) is 0 Å². The summed E-state index contributed by atoms with van der Waals surface area (Å²) in [6, 6.07) is 6.25. The first-order valence-corrected chi connectivity index (χ1v) is 8.27. The molecule has 6 nitrogen and oxygen atoms in total. The Morgan fingerprint density at radius 3 is 2.76 bits per heavy atom. The molecule has 0 aliphatic heterocycles. The molecule has 112 valence electrons. The van der Waals surface area contributed by atoms with E-state index in [2.05, 4.69) is 15.3 Å². The highest BCUT2D eigenvalue weighted by Crippen LogP contribution is 2.16. The number of nitrogens with zero attached hydrogens (tertiary/aromatic N) is 1. The minimum Gasteiger partial charge on any atom is -0.352 e. The molecule has 0 unspecified atom stereocenters. The average molecular weight is 307 g/mol. The van der Waals surface area contributed by atoms with E-state index in [0.29, 0.717) is 13.0 Å². The van der Waals surface area contributed by atoms with Gasteiger partial charge in [0.1, 0.15) is 0 Å². The number of rotatable bonds is 6. The molecule has 0 aliphatic carbocycles. The van der Waals surface area contributed by atoms with Crippen LogP contribution in [0.1, 0.15) is 23.0 Å². The first-order chi connectivity index (χ1) is 10.0. The van der Waals surface area contributed by atoms with Crippen LogP contribution in [0.2, 0.25) is 0 Å². The number of amides is 1. The smallest absolute Gasteiger partial charge is 0.252 e. The Bertz CT molecular complexity index is 709. The molecule has 2 aromatic rings. The Hall–Kier alpha value is -2.15. The van der Waals surface area contributed by atoms with Crippen LogP contribution in [0.5, 0.6) is 0 Å². The molecule has 0 saturated heterocycles. The van der Waals surface area contributed by atoms with E-state index in [-0.39, 0.29) is 22.1 Å². The van der Waals surface area contributed by atoms with Gasteiger partial charge >= 0.3 is 0 Å². The van der Waals surface area contributed by atoms with Gasteiger partial charge in [0.15, 0.2) is 9.84 Å². The van der Waals surface area contributed by atoms with Crippen molar-refractivity contribution in [3.8, 4) is 0 Å². The Morgan fingerprint density at radius 2 is 2.10 bits per heavy atom. The largest absolute Gasteiger partial charge is 0.352 e. The maximum atomic E-state index is 12.2. The van der Waals surface area contributed by atoms with Crippen LogP contribution in [-0.2, 0) is 16.3 Å². The van der Waals surface area contributed by atoms with E-state index in [0.717, 1.165) is 5.69 Å². The normalized spacial score (nSPS) is 11.3. The summed E-state index contributed by atoms with van der Waals surface area (Å²) >= 11 is 0. The van der Waals surface area contributed by atoms with Crippen molar-refractivity contribution in [1.82, 2.24) is 15.3 Å². The number of carbonyl (C=O) groups is 1. The molecule has 1 amide bonds. The molecule has 0 aliphatic rings. The summed E-state index contributed by atoms with van der Waals surface area (Å²) in [7, 11) is -3.42. The zero-order valence-corrected chi connectivity index (χ0v) is 12.5. The van der Waals surface area contributed by atoms with E-state index in [1.165, 1.54) is 12.1 Å². The van der Waals surface area contributed by atoms with Gasteiger partial charge in [0.05, 0.1) is 22.5 Å². The highest BCUT2D eigenvalue weighted by atomic mass is 32.2. The lowest BCUT2D eigenvalue weighted by Crippen LogP contribution is -2.27. The first-order valence-electron chi connectivity index (χ1n) is 6.62. The van der Waals surface area contributed by atoms with Gasteiger partial charge in [-0.05, 0) is 12.1 Å². The predicted octanol–water partition coefficient (Wildman–Crippen LogP) is 1.18. The molecule has 21 heavy (non-hydrogen) atoms. The average Bonchev–Trinajstić information content (AvgIpc) is 3.00. The summed E-state index contributed by atoms with van der Waals surface area (Å²) in [6.07, 6.45) is 3.86. The third-order valence-electron chi connectivity index (χ3n) is 3.08. The van der Waals surface area contributed by atoms with Crippen molar-refractivity contribution in [2.45, 2.75) is 18.2 Å². The maximum Gasteiger partial charge on any atom is 0.252 e. The van der Waals surface area contributed by atoms with Crippen molar-refractivity contribution in [2.75, 3.05) is 12.3 Å². The van der Waals surface area contributed by atoms with Gasteiger partial charge in [-0.25, -0.2) is 13.4 Å². The molecular weight excluding hydrogens is 290 g/mol. The first kappa shape index (κ1) is 15.2. The third kappa shape index (κ3) is 3.69. The van der Waals surface area contributed by atoms with E-state index in [1.54, 1.807) is 31.6 Å². The number of aromatic nitrogens is 2. The topological polar surface area (TPSA) is 91.9 Å². The summed E-state index contributed by atoms with van der Waals surface area (Å²) in [5.74, 6) is -0.423. The van der Waals surface area contributed by atoms with E-state index in [4.69, 9.17) is 0 Å². The summed E-state index contributed by atoms with van der Waals surface area (Å²) < 4.78 is 24.0. The molecule has 0 fully saturated rings. The van der Waals surface area contributed by atoms with Crippen LogP contribution in [0.25, 0.3) is 0 Å². The lowest BCUT2D eigenvalue weighted by Gasteiger charge is -2.09. The monoisotopic (exact) mass is 307 g/mol. The van der Waals surface area contributed by atoms with Crippen molar-refractivity contribution in [3.63, 3.8) is 0 Å². The van der Waals surface area contributed by atoms with Crippen LogP contribution in [0.15, 0.2) is 41.7 Å². The number of carbonyl (C=O) groups excluding carboxylic acids is 1. The molecule has 0 spiro atoms.